The molecule has 5 nitrogen and oxygen atoms in total. The molecule has 1 amide bonds. The van der Waals surface area contributed by atoms with Crippen molar-refractivity contribution in [3.8, 4) is 6.07 Å². The van der Waals surface area contributed by atoms with Gasteiger partial charge in [0.05, 0.1) is 24.3 Å². The quantitative estimate of drug-likeness (QED) is 0.884. The lowest BCUT2D eigenvalue weighted by Crippen LogP contribution is -2.46. The van der Waals surface area contributed by atoms with Crippen LogP contribution in [0.1, 0.15) is 31.2 Å². The predicted molar refractivity (Wildman–Crippen MR) is 80.7 cm³/mol. The zero-order valence-electron chi connectivity index (χ0n) is 12.2. The number of nitriles is 1. The van der Waals surface area contributed by atoms with Crippen molar-refractivity contribution >= 4 is 11.6 Å². The van der Waals surface area contributed by atoms with Crippen molar-refractivity contribution in [1.82, 2.24) is 4.90 Å². The Labute approximate surface area is 125 Å². The summed E-state index contributed by atoms with van der Waals surface area (Å²) in [5.41, 5.74) is 1.24. The molecule has 5 heteroatoms. The van der Waals surface area contributed by atoms with Crippen LogP contribution in [0.4, 0.5) is 5.69 Å². The SMILES string of the molecule is CN(CC(=O)Nc1ccc(C#N)cc1)C1CCCCC1O. The lowest BCUT2D eigenvalue weighted by Gasteiger charge is -2.34. The number of carbonyl (C=O) groups is 1. The molecule has 2 atom stereocenters. The number of aliphatic hydroxyl groups is 1. The monoisotopic (exact) mass is 287 g/mol. The van der Waals surface area contributed by atoms with Gasteiger partial charge in [-0.3, -0.25) is 9.69 Å². The second-order valence-corrected chi connectivity index (χ2v) is 5.57. The highest BCUT2D eigenvalue weighted by Crippen LogP contribution is 2.22. The molecule has 1 aliphatic rings. The smallest absolute Gasteiger partial charge is 0.238 e. The van der Waals surface area contributed by atoms with E-state index in [0.717, 1.165) is 25.7 Å². The maximum atomic E-state index is 12.0. The van der Waals surface area contributed by atoms with Crippen molar-refractivity contribution < 1.29 is 9.90 Å². The first kappa shape index (κ1) is 15.5. The summed E-state index contributed by atoms with van der Waals surface area (Å²) < 4.78 is 0. The van der Waals surface area contributed by atoms with E-state index < -0.39 is 0 Å². The summed E-state index contributed by atoms with van der Waals surface area (Å²) in [5, 5.41) is 21.5. The Morgan fingerprint density at radius 1 is 1.38 bits per heavy atom. The number of nitrogens with one attached hydrogen (secondary N) is 1. The van der Waals surface area contributed by atoms with Crippen LogP contribution < -0.4 is 5.32 Å². The van der Waals surface area contributed by atoms with Crippen LogP contribution in [-0.2, 0) is 4.79 Å². The molecule has 2 N–H and O–H groups in total. The molecule has 1 fully saturated rings. The number of anilines is 1. The summed E-state index contributed by atoms with van der Waals surface area (Å²) in [6, 6.07) is 8.87. The van der Waals surface area contributed by atoms with Crippen LogP contribution in [-0.4, -0.2) is 41.7 Å². The molecule has 0 radical (unpaired) electrons. The van der Waals surface area contributed by atoms with Gasteiger partial charge in [-0.1, -0.05) is 12.8 Å². The number of amides is 1. The summed E-state index contributed by atoms with van der Waals surface area (Å²) in [7, 11) is 1.87. The second kappa shape index (κ2) is 7.21. The van der Waals surface area contributed by atoms with E-state index in [9.17, 15) is 9.90 Å². The van der Waals surface area contributed by atoms with Gasteiger partial charge in [0.25, 0.3) is 0 Å². The third-order valence-corrected chi connectivity index (χ3v) is 3.95. The standard InChI is InChI=1S/C16H21N3O2/c1-19(14-4-2-3-5-15(14)20)11-16(21)18-13-8-6-12(10-17)7-9-13/h6-9,14-15,20H,2-5,11H2,1H3,(H,18,21). The van der Waals surface area contributed by atoms with E-state index in [1.54, 1.807) is 24.3 Å². The molecular formula is C16H21N3O2. The average Bonchev–Trinajstić information content (AvgIpc) is 2.48. The summed E-state index contributed by atoms with van der Waals surface area (Å²) in [6.45, 7) is 0.252. The number of likely N-dealkylation sites (N-methyl/N-ethyl adjacent to an activating group) is 1. The van der Waals surface area contributed by atoms with Crippen LogP contribution in [0, 0.1) is 11.3 Å². The second-order valence-electron chi connectivity index (χ2n) is 5.57. The lowest BCUT2D eigenvalue weighted by atomic mass is 9.91. The van der Waals surface area contributed by atoms with E-state index in [4.69, 9.17) is 5.26 Å². The molecule has 1 saturated carbocycles. The topological polar surface area (TPSA) is 76.4 Å². The first-order valence-corrected chi connectivity index (χ1v) is 7.28. The number of carbonyl (C=O) groups excluding carboxylic acids is 1. The molecule has 2 unspecified atom stereocenters. The van der Waals surface area contributed by atoms with Crippen LogP contribution in [0.15, 0.2) is 24.3 Å². The Balaban J connectivity index is 1.87. The fourth-order valence-electron chi connectivity index (χ4n) is 2.78. The van der Waals surface area contributed by atoms with Crippen molar-refractivity contribution in [2.75, 3.05) is 18.9 Å². The molecule has 2 rings (SSSR count). The molecule has 0 aliphatic heterocycles. The molecule has 112 valence electrons. The average molecular weight is 287 g/mol. The van der Waals surface area contributed by atoms with Gasteiger partial charge in [0.1, 0.15) is 0 Å². The fourth-order valence-corrected chi connectivity index (χ4v) is 2.78. The van der Waals surface area contributed by atoms with Gasteiger partial charge in [-0.05, 0) is 44.2 Å². The Bertz CT molecular complexity index is 521. The van der Waals surface area contributed by atoms with Gasteiger partial charge in [-0.2, -0.15) is 5.26 Å². The van der Waals surface area contributed by atoms with Crippen LogP contribution in [0.25, 0.3) is 0 Å². The Kier molecular flexibility index (Phi) is 5.32. The first-order chi connectivity index (χ1) is 10.1. The van der Waals surface area contributed by atoms with Gasteiger partial charge < -0.3 is 10.4 Å². The van der Waals surface area contributed by atoms with Crippen molar-refractivity contribution in [1.29, 1.82) is 5.26 Å². The molecule has 0 heterocycles. The van der Waals surface area contributed by atoms with Gasteiger partial charge in [0, 0.05) is 11.7 Å². The Hall–Kier alpha value is -1.90. The highest BCUT2D eigenvalue weighted by atomic mass is 16.3. The van der Waals surface area contributed by atoms with E-state index >= 15 is 0 Å². The molecule has 21 heavy (non-hydrogen) atoms. The number of aliphatic hydroxyl groups excluding tert-OH is 1. The molecule has 1 aromatic rings. The van der Waals surface area contributed by atoms with Crippen molar-refractivity contribution in [2.45, 2.75) is 37.8 Å². The maximum absolute atomic E-state index is 12.0. The molecule has 0 aromatic heterocycles. The number of hydrogen-bond donors (Lipinski definition) is 2. The van der Waals surface area contributed by atoms with E-state index in [2.05, 4.69) is 5.32 Å². The minimum atomic E-state index is -0.341. The van der Waals surface area contributed by atoms with Crippen molar-refractivity contribution in [3.05, 3.63) is 29.8 Å². The lowest BCUT2D eigenvalue weighted by molar-refractivity contribution is -0.118. The van der Waals surface area contributed by atoms with Gasteiger partial charge in [0.2, 0.25) is 5.91 Å². The van der Waals surface area contributed by atoms with E-state index in [1.807, 2.05) is 18.0 Å². The molecule has 0 saturated heterocycles. The number of rotatable bonds is 4. The minimum Gasteiger partial charge on any atom is -0.391 e. The van der Waals surface area contributed by atoms with E-state index in [1.165, 1.54) is 0 Å². The Morgan fingerprint density at radius 3 is 2.67 bits per heavy atom. The largest absolute Gasteiger partial charge is 0.391 e. The maximum Gasteiger partial charge on any atom is 0.238 e. The van der Waals surface area contributed by atoms with Gasteiger partial charge in [-0.15, -0.1) is 0 Å². The molecule has 0 bridgehead atoms. The van der Waals surface area contributed by atoms with Gasteiger partial charge in [0.15, 0.2) is 0 Å². The zero-order valence-corrected chi connectivity index (χ0v) is 12.2. The minimum absolute atomic E-state index is 0.0606. The zero-order chi connectivity index (χ0) is 15.2. The van der Waals surface area contributed by atoms with Crippen molar-refractivity contribution in [3.63, 3.8) is 0 Å². The van der Waals surface area contributed by atoms with Crippen LogP contribution >= 0.6 is 0 Å². The summed E-state index contributed by atoms with van der Waals surface area (Å²) >= 11 is 0. The third kappa shape index (κ3) is 4.28. The number of nitrogens with zero attached hydrogens (tertiary/aromatic N) is 2. The summed E-state index contributed by atoms with van der Waals surface area (Å²) in [6.07, 6.45) is 3.56. The van der Waals surface area contributed by atoms with Crippen LogP contribution in [0.3, 0.4) is 0 Å². The summed E-state index contributed by atoms with van der Waals surface area (Å²) in [5.74, 6) is -0.111. The van der Waals surface area contributed by atoms with Gasteiger partial charge >= 0.3 is 0 Å². The summed E-state index contributed by atoms with van der Waals surface area (Å²) in [4.78, 5) is 13.9. The number of hydrogen-bond acceptors (Lipinski definition) is 4. The fraction of sp³-hybridized carbons (Fsp3) is 0.500. The molecule has 1 aromatic carbocycles. The third-order valence-electron chi connectivity index (χ3n) is 3.95. The van der Waals surface area contributed by atoms with Crippen LogP contribution in [0.5, 0.6) is 0 Å². The highest BCUT2D eigenvalue weighted by molar-refractivity contribution is 5.92. The van der Waals surface area contributed by atoms with Gasteiger partial charge in [-0.25, -0.2) is 0 Å². The Morgan fingerprint density at radius 2 is 2.05 bits per heavy atom. The van der Waals surface area contributed by atoms with E-state index in [0.29, 0.717) is 11.3 Å². The molecular weight excluding hydrogens is 266 g/mol. The predicted octanol–water partition coefficient (Wildman–Crippen LogP) is 1.73. The number of benzene rings is 1. The van der Waals surface area contributed by atoms with E-state index in [-0.39, 0.29) is 24.6 Å². The molecule has 0 spiro atoms. The normalized spacial score (nSPS) is 21.8. The van der Waals surface area contributed by atoms with Crippen molar-refractivity contribution in [2.24, 2.45) is 0 Å². The van der Waals surface area contributed by atoms with Crippen LogP contribution in [0.2, 0.25) is 0 Å². The highest BCUT2D eigenvalue weighted by Gasteiger charge is 2.27. The first-order valence-electron chi connectivity index (χ1n) is 7.28. The molecule has 1 aliphatic carbocycles.